The van der Waals surface area contributed by atoms with Gasteiger partial charge in [-0.15, -0.1) is 0 Å². The lowest BCUT2D eigenvalue weighted by atomic mass is 9.93. The highest BCUT2D eigenvalue weighted by Gasteiger charge is 2.35. The van der Waals surface area contributed by atoms with Crippen molar-refractivity contribution in [2.75, 3.05) is 26.2 Å². The number of hydrogen-bond acceptors (Lipinski definition) is 4. The molecule has 1 aromatic rings. The third kappa shape index (κ3) is 3.68. The van der Waals surface area contributed by atoms with Gasteiger partial charge in [-0.25, -0.2) is 0 Å². The highest BCUT2D eigenvalue weighted by atomic mass is 16.5. The zero-order valence-corrected chi connectivity index (χ0v) is 10.9. The van der Waals surface area contributed by atoms with Crippen LogP contribution < -0.4 is 10.5 Å². The topological polar surface area (TPSA) is 75.8 Å². The van der Waals surface area contributed by atoms with Crippen molar-refractivity contribution < 1.29 is 14.6 Å². The number of amides is 1. The van der Waals surface area contributed by atoms with Crippen molar-refractivity contribution in [2.24, 2.45) is 5.73 Å². The molecule has 0 unspecified atom stereocenters. The molecule has 1 aliphatic heterocycles. The lowest BCUT2D eigenvalue weighted by Gasteiger charge is -2.38. The van der Waals surface area contributed by atoms with E-state index in [9.17, 15) is 9.90 Å². The minimum atomic E-state index is -0.987. The number of ether oxygens (including phenoxy) is 1. The molecule has 1 fully saturated rings. The van der Waals surface area contributed by atoms with Crippen LogP contribution in [0.5, 0.6) is 5.75 Å². The summed E-state index contributed by atoms with van der Waals surface area (Å²) in [5.41, 5.74) is 4.37. The van der Waals surface area contributed by atoms with E-state index in [0.717, 1.165) is 12.2 Å². The minimum Gasteiger partial charge on any atom is -0.491 e. The van der Waals surface area contributed by atoms with Gasteiger partial charge in [0, 0.05) is 6.54 Å². The number of carbonyl (C=O) groups is 1. The van der Waals surface area contributed by atoms with Gasteiger partial charge in [-0.2, -0.15) is 0 Å². The molecular weight excluding hydrogens is 244 g/mol. The number of β-amino-alcohol motifs (C(OH)–C–C–N with tert-alkyl or cyclic N) is 1. The van der Waals surface area contributed by atoms with Crippen molar-refractivity contribution in [2.45, 2.75) is 18.4 Å². The van der Waals surface area contributed by atoms with Crippen LogP contribution in [0.2, 0.25) is 0 Å². The van der Waals surface area contributed by atoms with Gasteiger partial charge in [0.2, 0.25) is 5.91 Å². The number of likely N-dealkylation sites (tertiary alicyclic amines) is 1. The first-order valence-electron chi connectivity index (χ1n) is 6.51. The Hall–Kier alpha value is -1.59. The van der Waals surface area contributed by atoms with Crippen molar-refractivity contribution in [3.8, 4) is 5.75 Å². The summed E-state index contributed by atoms with van der Waals surface area (Å²) >= 11 is 0. The quantitative estimate of drug-likeness (QED) is 0.824. The van der Waals surface area contributed by atoms with E-state index in [1.165, 1.54) is 0 Å². The number of nitrogens with two attached hydrogens (primary N) is 1. The number of carbonyl (C=O) groups excluding carboxylic acids is 1. The van der Waals surface area contributed by atoms with Crippen LogP contribution in [0.1, 0.15) is 12.8 Å². The Labute approximate surface area is 113 Å². The summed E-state index contributed by atoms with van der Waals surface area (Å²) in [7, 11) is 0. The fourth-order valence-electron chi connectivity index (χ4n) is 2.31. The molecule has 1 aromatic carbocycles. The molecule has 0 saturated carbocycles. The monoisotopic (exact) mass is 264 g/mol. The third-order valence-electron chi connectivity index (χ3n) is 3.33. The Kier molecular flexibility index (Phi) is 4.39. The minimum absolute atomic E-state index is 0.0182. The summed E-state index contributed by atoms with van der Waals surface area (Å²) in [5.74, 6) is 0.594. The number of rotatable bonds is 4. The Morgan fingerprint density at radius 3 is 2.84 bits per heavy atom. The van der Waals surface area contributed by atoms with Gasteiger partial charge in [0.15, 0.2) is 0 Å². The number of nitrogens with zero attached hydrogens (tertiary/aromatic N) is 1. The van der Waals surface area contributed by atoms with E-state index in [0.29, 0.717) is 13.0 Å². The van der Waals surface area contributed by atoms with Crippen molar-refractivity contribution in [1.29, 1.82) is 0 Å². The van der Waals surface area contributed by atoms with Gasteiger partial charge in [-0.05, 0) is 25.0 Å². The molecule has 5 heteroatoms. The van der Waals surface area contributed by atoms with Crippen molar-refractivity contribution in [1.82, 2.24) is 4.90 Å². The molecule has 1 heterocycles. The largest absolute Gasteiger partial charge is 0.491 e. The SMILES string of the molecule is NCC(=O)N1CCC[C@@](O)(COc2ccccc2)C1. The fraction of sp³-hybridized carbons (Fsp3) is 0.500. The maximum absolute atomic E-state index is 11.6. The maximum atomic E-state index is 11.6. The fourth-order valence-corrected chi connectivity index (χ4v) is 2.31. The zero-order valence-electron chi connectivity index (χ0n) is 10.9. The van der Waals surface area contributed by atoms with Crippen LogP contribution in [0.3, 0.4) is 0 Å². The summed E-state index contributed by atoms with van der Waals surface area (Å²) in [5, 5.41) is 10.5. The van der Waals surface area contributed by atoms with Crippen LogP contribution in [-0.4, -0.2) is 47.8 Å². The van der Waals surface area contributed by atoms with Crippen LogP contribution in [0.15, 0.2) is 30.3 Å². The molecule has 1 atom stereocenters. The summed E-state index contributed by atoms with van der Waals surface area (Å²) in [6, 6.07) is 9.35. The molecule has 0 radical (unpaired) electrons. The molecule has 1 saturated heterocycles. The molecule has 2 rings (SSSR count). The van der Waals surface area contributed by atoms with E-state index in [-0.39, 0.29) is 25.6 Å². The van der Waals surface area contributed by atoms with Gasteiger partial charge in [0.1, 0.15) is 18.0 Å². The van der Waals surface area contributed by atoms with E-state index in [4.69, 9.17) is 10.5 Å². The lowest BCUT2D eigenvalue weighted by Crippen LogP contribution is -2.54. The van der Waals surface area contributed by atoms with Gasteiger partial charge < -0.3 is 20.5 Å². The first kappa shape index (κ1) is 13.8. The molecule has 0 aromatic heterocycles. The van der Waals surface area contributed by atoms with E-state index >= 15 is 0 Å². The molecule has 1 aliphatic rings. The highest BCUT2D eigenvalue weighted by molar-refractivity contribution is 5.78. The Bertz CT molecular complexity index is 424. The van der Waals surface area contributed by atoms with Crippen molar-refractivity contribution in [3.05, 3.63) is 30.3 Å². The Morgan fingerprint density at radius 1 is 1.42 bits per heavy atom. The standard InChI is InChI=1S/C14H20N2O3/c15-9-13(17)16-8-4-7-14(18,10-16)11-19-12-5-2-1-3-6-12/h1-3,5-6,18H,4,7-11,15H2/t14-/m0/s1. The van der Waals surface area contributed by atoms with Crippen LogP contribution in [0.4, 0.5) is 0 Å². The number of hydrogen-bond donors (Lipinski definition) is 2. The second-order valence-electron chi connectivity index (χ2n) is 4.95. The Balaban J connectivity index is 1.92. The van der Waals surface area contributed by atoms with Crippen LogP contribution >= 0.6 is 0 Å². The molecule has 0 bridgehead atoms. The van der Waals surface area contributed by atoms with Crippen molar-refractivity contribution >= 4 is 5.91 Å². The lowest BCUT2D eigenvalue weighted by molar-refractivity contribution is -0.138. The summed E-state index contributed by atoms with van der Waals surface area (Å²) in [6.07, 6.45) is 1.40. The predicted molar refractivity (Wildman–Crippen MR) is 71.8 cm³/mol. The maximum Gasteiger partial charge on any atom is 0.236 e. The molecule has 0 aliphatic carbocycles. The normalized spacial score (nSPS) is 23.2. The van der Waals surface area contributed by atoms with Gasteiger partial charge in [0.25, 0.3) is 0 Å². The van der Waals surface area contributed by atoms with Crippen LogP contribution in [0, 0.1) is 0 Å². The second kappa shape index (κ2) is 6.04. The number of benzene rings is 1. The van der Waals surface area contributed by atoms with E-state index in [1.807, 2.05) is 30.3 Å². The van der Waals surface area contributed by atoms with Gasteiger partial charge >= 0.3 is 0 Å². The van der Waals surface area contributed by atoms with Crippen LogP contribution in [-0.2, 0) is 4.79 Å². The average Bonchev–Trinajstić information content (AvgIpc) is 2.45. The first-order valence-corrected chi connectivity index (χ1v) is 6.51. The molecule has 1 amide bonds. The molecule has 3 N–H and O–H groups in total. The highest BCUT2D eigenvalue weighted by Crippen LogP contribution is 2.22. The zero-order chi connectivity index (χ0) is 13.7. The van der Waals surface area contributed by atoms with E-state index in [1.54, 1.807) is 4.90 Å². The van der Waals surface area contributed by atoms with Crippen LogP contribution in [0.25, 0.3) is 0 Å². The first-order chi connectivity index (χ1) is 9.13. The van der Waals surface area contributed by atoms with E-state index in [2.05, 4.69) is 0 Å². The Morgan fingerprint density at radius 2 is 2.16 bits per heavy atom. The summed E-state index contributed by atoms with van der Waals surface area (Å²) in [4.78, 5) is 13.2. The number of para-hydroxylation sites is 1. The van der Waals surface area contributed by atoms with Gasteiger partial charge in [-0.3, -0.25) is 4.79 Å². The smallest absolute Gasteiger partial charge is 0.236 e. The van der Waals surface area contributed by atoms with Gasteiger partial charge in [0.05, 0.1) is 13.1 Å². The third-order valence-corrected chi connectivity index (χ3v) is 3.33. The number of aliphatic hydroxyl groups is 1. The van der Waals surface area contributed by atoms with Crippen molar-refractivity contribution in [3.63, 3.8) is 0 Å². The molecular formula is C14H20N2O3. The molecule has 5 nitrogen and oxygen atoms in total. The summed E-state index contributed by atoms with van der Waals surface area (Å²) < 4.78 is 5.59. The van der Waals surface area contributed by atoms with Gasteiger partial charge in [-0.1, -0.05) is 18.2 Å². The molecule has 104 valence electrons. The predicted octanol–water partition coefficient (Wildman–Crippen LogP) is 0.378. The molecule has 19 heavy (non-hydrogen) atoms. The molecule has 0 spiro atoms. The van der Waals surface area contributed by atoms with E-state index < -0.39 is 5.60 Å². The second-order valence-corrected chi connectivity index (χ2v) is 4.95. The number of piperidine rings is 1. The summed E-state index contributed by atoms with van der Waals surface area (Å²) in [6.45, 7) is 1.11. The average molecular weight is 264 g/mol.